The van der Waals surface area contributed by atoms with Gasteiger partial charge in [-0.25, -0.2) is 13.6 Å². The summed E-state index contributed by atoms with van der Waals surface area (Å²) in [4.78, 5) is 12.3. The van der Waals surface area contributed by atoms with Crippen LogP contribution in [-0.2, 0) is 0 Å². The first-order valence-corrected chi connectivity index (χ1v) is 8.91. The third kappa shape index (κ3) is 3.47. The Bertz CT molecular complexity index is 1210. The van der Waals surface area contributed by atoms with Gasteiger partial charge in [-0.1, -0.05) is 30.3 Å². The van der Waals surface area contributed by atoms with Gasteiger partial charge in [-0.05, 0) is 35.9 Å². The first-order valence-electron chi connectivity index (χ1n) is 8.91. The van der Waals surface area contributed by atoms with Gasteiger partial charge in [-0.2, -0.15) is 5.26 Å². The molecule has 0 spiro atoms. The van der Waals surface area contributed by atoms with Gasteiger partial charge in [0, 0.05) is 11.6 Å². The number of nitriles is 1. The Morgan fingerprint density at radius 3 is 2.50 bits per heavy atom. The summed E-state index contributed by atoms with van der Waals surface area (Å²) in [6.45, 7) is 0. The standard InChI is InChI=1S/C23H14F2N2O3/c24-14-7-5-13(6-8-14)21-17-10-9-15(11-20(17)30-22(27)18(21)12-26)29-23(28)16-3-1-2-4-19(16)25/h1-11,21H,27H2. The highest BCUT2D eigenvalue weighted by atomic mass is 19.1. The Hall–Kier alpha value is -4.18. The molecule has 1 heterocycles. The van der Waals surface area contributed by atoms with E-state index in [0.717, 1.165) is 6.07 Å². The fourth-order valence-electron chi connectivity index (χ4n) is 3.29. The van der Waals surface area contributed by atoms with Crippen LogP contribution >= 0.6 is 0 Å². The highest BCUT2D eigenvalue weighted by molar-refractivity contribution is 5.91. The van der Waals surface area contributed by atoms with Crippen LogP contribution in [0, 0.1) is 23.0 Å². The summed E-state index contributed by atoms with van der Waals surface area (Å²) in [5.41, 5.74) is 7.16. The maximum absolute atomic E-state index is 13.8. The van der Waals surface area contributed by atoms with Crippen molar-refractivity contribution >= 4 is 5.97 Å². The lowest BCUT2D eigenvalue weighted by atomic mass is 9.83. The van der Waals surface area contributed by atoms with Gasteiger partial charge in [0.05, 0.1) is 11.5 Å². The van der Waals surface area contributed by atoms with Crippen LogP contribution in [0.2, 0.25) is 0 Å². The molecule has 1 atom stereocenters. The number of nitrogens with zero attached hydrogens (tertiary/aromatic N) is 1. The number of carbonyl (C=O) groups excluding carboxylic acids is 1. The molecule has 148 valence electrons. The molecule has 3 aromatic carbocycles. The minimum Gasteiger partial charge on any atom is -0.440 e. The molecule has 7 heteroatoms. The van der Waals surface area contributed by atoms with Crippen molar-refractivity contribution in [3.8, 4) is 17.6 Å². The van der Waals surface area contributed by atoms with E-state index in [2.05, 4.69) is 0 Å². The van der Waals surface area contributed by atoms with E-state index < -0.39 is 23.5 Å². The van der Waals surface area contributed by atoms with Crippen molar-refractivity contribution in [2.75, 3.05) is 0 Å². The Labute approximate surface area is 170 Å². The molecular weight excluding hydrogens is 390 g/mol. The van der Waals surface area contributed by atoms with Crippen LogP contribution in [0.5, 0.6) is 11.5 Å². The van der Waals surface area contributed by atoms with Crippen molar-refractivity contribution in [2.24, 2.45) is 5.73 Å². The second kappa shape index (κ2) is 7.68. The number of allylic oxidation sites excluding steroid dienone is 1. The average molecular weight is 404 g/mol. The monoisotopic (exact) mass is 404 g/mol. The maximum atomic E-state index is 13.8. The number of rotatable bonds is 3. The van der Waals surface area contributed by atoms with Crippen molar-refractivity contribution in [3.63, 3.8) is 0 Å². The van der Waals surface area contributed by atoms with Gasteiger partial charge in [-0.3, -0.25) is 0 Å². The lowest BCUT2D eigenvalue weighted by Crippen LogP contribution is -2.21. The molecule has 0 saturated heterocycles. The normalized spacial score (nSPS) is 15.0. The first-order chi connectivity index (χ1) is 14.5. The first kappa shape index (κ1) is 19.2. The number of ether oxygens (including phenoxy) is 2. The molecule has 0 bridgehead atoms. The van der Waals surface area contributed by atoms with E-state index in [1.165, 1.54) is 42.5 Å². The molecule has 0 radical (unpaired) electrons. The van der Waals surface area contributed by atoms with Crippen molar-refractivity contribution in [1.82, 2.24) is 0 Å². The summed E-state index contributed by atoms with van der Waals surface area (Å²) in [5, 5.41) is 9.55. The van der Waals surface area contributed by atoms with Crippen LogP contribution in [0.3, 0.4) is 0 Å². The fourth-order valence-corrected chi connectivity index (χ4v) is 3.29. The maximum Gasteiger partial charge on any atom is 0.346 e. The number of nitrogens with two attached hydrogens (primary N) is 1. The predicted molar refractivity (Wildman–Crippen MR) is 103 cm³/mol. The van der Waals surface area contributed by atoms with Gasteiger partial charge in [0.2, 0.25) is 5.88 Å². The molecular formula is C23H14F2N2O3. The third-order valence-corrected chi connectivity index (χ3v) is 4.70. The number of fused-ring (bicyclic) bond motifs is 1. The second-order valence-corrected chi connectivity index (χ2v) is 6.55. The highest BCUT2D eigenvalue weighted by Crippen LogP contribution is 2.43. The fraction of sp³-hybridized carbons (Fsp3) is 0.0435. The van der Waals surface area contributed by atoms with Crippen molar-refractivity contribution in [3.05, 3.63) is 107 Å². The Balaban J connectivity index is 1.70. The Morgan fingerprint density at radius 2 is 1.80 bits per heavy atom. The van der Waals surface area contributed by atoms with Gasteiger partial charge < -0.3 is 15.2 Å². The zero-order valence-electron chi connectivity index (χ0n) is 15.4. The van der Waals surface area contributed by atoms with Gasteiger partial charge in [0.15, 0.2) is 0 Å². The van der Waals surface area contributed by atoms with Crippen LogP contribution in [0.1, 0.15) is 27.4 Å². The molecule has 0 aromatic heterocycles. The summed E-state index contributed by atoms with van der Waals surface area (Å²) in [6, 6.07) is 17.8. The van der Waals surface area contributed by atoms with E-state index in [-0.39, 0.29) is 28.5 Å². The van der Waals surface area contributed by atoms with E-state index in [1.54, 1.807) is 18.2 Å². The largest absolute Gasteiger partial charge is 0.440 e. The summed E-state index contributed by atoms with van der Waals surface area (Å²) in [5.74, 6) is -2.24. The van der Waals surface area contributed by atoms with Gasteiger partial charge in [-0.15, -0.1) is 0 Å². The molecule has 0 amide bonds. The molecule has 2 N–H and O–H groups in total. The van der Waals surface area contributed by atoms with Gasteiger partial charge >= 0.3 is 5.97 Å². The van der Waals surface area contributed by atoms with Crippen LogP contribution in [-0.4, -0.2) is 5.97 Å². The van der Waals surface area contributed by atoms with E-state index in [1.807, 2.05) is 6.07 Å². The lowest BCUT2D eigenvalue weighted by Gasteiger charge is -2.26. The SMILES string of the molecule is N#CC1=C(N)Oc2cc(OC(=O)c3ccccc3F)ccc2C1c1ccc(F)cc1. The minimum absolute atomic E-state index is 0.100. The Morgan fingerprint density at radius 1 is 1.07 bits per heavy atom. The quantitative estimate of drug-likeness (QED) is 0.517. The molecule has 5 nitrogen and oxygen atoms in total. The summed E-state index contributed by atoms with van der Waals surface area (Å²) in [7, 11) is 0. The number of carbonyl (C=O) groups is 1. The van der Waals surface area contributed by atoms with Crippen LogP contribution in [0.25, 0.3) is 0 Å². The van der Waals surface area contributed by atoms with Crippen molar-refractivity contribution in [1.29, 1.82) is 5.26 Å². The second-order valence-electron chi connectivity index (χ2n) is 6.55. The predicted octanol–water partition coefficient (Wildman–Crippen LogP) is 4.40. The molecule has 3 aromatic rings. The third-order valence-electron chi connectivity index (χ3n) is 4.70. The van der Waals surface area contributed by atoms with E-state index in [0.29, 0.717) is 11.1 Å². The number of benzene rings is 3. The van der Waals surface area contributed by atoms with Gasteiger partial charge in [0.25, 0.3) is 0 Å². The summed E-state index contributed by atoms with van der Waals surface area (Å²) >= 11 is 0. The molecule has 1 aliphatic heterocycles. The van der Waals surface area contributed by atoms with Gasteiger partial charge in [0.1, 0.15) is 34.8 Å². The zero-order chi connectivity index (χ0) is 21.3. The Kier molecular flexibility index (Phi) is 4.90. The number of halogens is 2. The number of esters is 1. The van der Waals surface area contributed by atoms with Crippen LogP contribution in [0.15, 0.2) is 78.2 Å². The molecule has 0 saturated carbocycles. The number of hydrogen-bond acceptors (Lipinski definition) is 5. The van der Waals surface area contributed by atoms with Crippen LogP contribution in [0.4, 0.5) is 8.78 Å². The summed E-state index contributed by atoms with van der Waals surface area (Å²) in [6.07, 6.45) is 0. The van der Waals surface area contributed by atoms with E-state index in [4.69, 9.17) is 15.2 Å². The highest BCUT2D eigenvalue weighted by Gasteiger charge is 2.31. The molecule has 30 heavy (non-hydrogen) atoms. The average Bonchev–Trinajstić information content (AvgIpc) is 2.73. The molecule has 4 rings (SSSR count). The van der Waals surface area contributed by atoms with E-state index in [9.17, 15) is 18.8 Å². The number of hydrogen-bond donors (Lipinski definition) is 1. The minimum atomic E-state index is -0.861. The summed E-state index contributed by atoms with van der Waals surface area (Å²) < 4.78 is 38.0. The molecule has 0 fully saturated rings. The smallest absolute Gasteiger partial charge is 0.346 e. The van der Waals surface area contributed by atoms with E-state index >= 15 is 0 Å². The topological polar surface area (TPSA) is 85.3 Å². The molecule has 0 aliphatic carbocycles. The van der Waals surface area contributed by atoms with Crippen LogP contribution < -0.4 is 15.2 Å². The zero-order valence-corrected chi connectivity index (χ0v) is 15.4. The lowest BCUT2D eigenvalue weighted by molar-refractivity contribution is 0.0729. The molecule has 1 aliphatic rings. The molecule has 1 unspecified atom stereocenters. The van der Waals surface area contributed by atoms with Crippen molar-refractivity contribution < 1.29 is 23.0 Å². The van der Waals surface area contributed by atoms with Crippen molar-refractivity contribution in [2.45, 2.75) is 5.92 Å².